The smallest absolute Gasteiger partial charge is 0.265 e. The van der Waals surface area contributed by atoms with Crippen LogP contribution in [0.25, 0.3) is 5.69 Å². The van der Waals surface area contributed by atoms with E-state index < -0.39 is 15.9 Å². The Labute approximate surface area is 166 Å². The van der Waals surface area contributed by atoms with Gasteiger partial charge in [0.05, 0.1) is 4.90 Å². The van der Waals surface area contributed by atoms with Crippen molar-refractivity contribution in [3.8, 4) is 5.69 Å². The molecule has 146 valence electrons. The first-order valence-electron chi connectivity index (χ1n) is 9.00. The van der Waals surface area contributed by atoms with Gasteiger partial charge in [-0.3, -0.25) is 4.79 Å². The third-order valence-electron chi connectivity index (χ3n) is 4.61. The van der Waals surface area contributed by atoms with E-state index in [1.165, 1.54) is 12.1 Å². The molecular weight excluding hydrogens is 372 g/mol. The Morgan fingerprint density at radius 1 is 0.964 bits per heavy atom. The Morgan fingerprint density at radius 3 is 2.14 bits per heavy atom. The van der Waals surface area contributed by atoms with Gasteiger partial charge in [-0.1, -0.05) is 39.0 Å². The van der Waals surface area contributed by atoms with Gasteiger partial charge in [0.1, 0.15) is 0 Å². The summed E-state index contributed by atoms with van der Waals surface area (Å²) in [7, 11) is -3.95. The van der Waals surface area contributed by atoms with Crippen LogP contribution in [0.15, 0.2) is 71.9 Å². The summed E-state index contributed by atoms with van der Waals surface area (Å²) < 4.78 is 29.3. The number of nitrogens with one attached hydrogen (secondary N) is 1. The summed E-state index contributed by atoms with van der Waals surface area (Å²) >= 11 is 0. The van der Waals surface area contributed by atoms with Gasteiger partial charge in [0.15, 0.2) is 0 Å². The number of hydrogen-bond acceptors (Lipinski definition) is 3. The zero-order chi connectivity index (χ0) is 20.5. The first-order valence-corrected chi connectivity index (χ1v) is 10.5. The fraction of sp³-hybridized carbons (Fsp3) is 0.227. The summed E-state index contributed by atoms with van der Waals surface area (Å²) in [6, 6.07) is 15.5. The van der Waals surface area contributed by atoms with Crippen molar-refractivity contribution in [1.82, 2.24) is 9.29 Å². The van der Waals surface area contributed by atoms with Gasteiger partial charge in [0.2, 0.25) is 0 Å². The van der Waals surface area contributed by atoms with Gasteiger partial charge < -0.3 is 4.57 Å². The zero-order valence-electron chi connectivity index (χ0n) is 16.4. The molecule has 3 rings (SSSR count). The molecule has 1 heterocycles. The Bertz CT molecular complexity index is 1090. The molecule has 0 aliphatic carbocycles. The molecule has 1 amide bonds. The summed E-state index contributed by atoms with van der Waals surface area (Å²) in [5.74, 6) is -0.659. The van der Waals surface area contributed by atoms with Crippen molar-refractivity contribution in [2.24, 2.45) is 0 Å². The average molecular weight is 397 g/mol. The minimum absolute atomic E-state index is 0.0617. The second-order valence-electron chi connectivity index (χ2n) is 7.80. The molecule has 5 nitrogen and oxygen atoms in total. The standard InChI is InChI=1S/C22H24N2O3S/c1-16-7-8-17(15-20(16)24-13-5-6-14-24)21(25)23-28(26,27)19-11-9-18(10-12-19)22(2,3)4/h5-15H,1-4H3,(H,23,25). The molecule has 2 aromatic carbocycles. The van der Waals surface area contributed by atoms with Crippen LogP contribution in [0.5, 0.6) is 0 Å². The van der Waals surface area contributed by atoms with Crippen LogP contribution in [-0.2, 0) is 15.4 Å². The molecule has 0 saturated heterocycles. The highest BCUT2D eigenvalue weighted by atomic mass is 32.2. The van der Waals surface area contributed by atoms with E-state index in [4.69, 9.17) is 0 Å². The van der Waals surface area contributed by atoms with Crippen molar-refractivity contribution in [2.45, 2.75) is 38.0 Å². The number of carbonyl (C=O) groups is 1. The van der Waals surface area contributed by atoms with Gasteiger partial charge in [-0.15, -0.1) is 0 Å². The largest absolute Gasteiger partial charge is 0.324 e. The second kappa shape index (κ2) is 7.28. The number of rotatable bonds is 4. The van der Waals surface area contributed by atoms with Crippen LogP contribution in [0.2, 0.25) is 0 Å². The van der Waals surface area contributed by atoms with E-state index in [9.17, 15) is 13.2 Å². The predicted molar refractivity (Wildman–Crippen MR) is 110 cm³/mol. The van der Waals surface area contributed by atoms with Crippen LogP contribution in [0.1, 0.15) is 42.3 Å². The fourth-order valence-corrected chi connectivity index (χ4v) is 3.87. The molecule has 1 N–H and O–H groups in total. The Balaban J connectivity index is 1.85. The first kappa shape index (κ1) is 19.9. The van der Waals surface area contributed by atoms with Gasteiger partial charge in [0, 0.05) is 23.6 Å². The van der Waals surface area contributed by atoms with E-state index in [2.05, 4.69) is 25.5 Å². The van der Waals surface area contributed by atoms with Crippen molar-refractivity contribution >= 4 is 15.9 Å². The molecule has 0 unspecified atom stereocenters. The van der Waals surface area contributed by atoms with Crippen LogP contribution in [0.3, 0.4) is 0 Å². The maximum absolute atomic E-state index is 12.6. The molecule has 28 heavy (non-hydrogen) atoms. The lowest BCUT2D eigenvalue weighted by molar-refractivity contribution is 0.0981. The van der Waals surface area contributed by atoms with Gasteiger partial charge in [-0.05, 0) is 59.9 Å². The van der Waals surface area contributed by atoms with Crippen molar-refractivity contribution in [3.05, 3.63) is 83.7 Å². The highest BCUT2D eigenvalue weighted by molar-refractivity contribution is 7.90. The summed E-state index contributed by atoms with van der Waals surface area (Å²) in [6.07, 6.45) is 3.75. The molecule has 0 aliphatic rings. The average Bonchev–Trinajstić information content (AvgIpc) is 3.15. The van der Waals surface area contributed by atoms with E-state index in [1.807, 2.05) is 36.0 Å². The van der Waals surface area contributed by atoms with Crippen LogP contribution in [0.4, 0.5) is 0 Å². The van der Waals surface area contributed by atoms with Gasteiger partial charge in [0.25, 0.3) is 15.9 Å². The number of aryl methyl sites for hydroxylation is 1. The highest BCUT2D eigenvalue weighted by Gasteiger charge is 2.21. The quantitative estimate of drug-likeness (QED) is 0.719. The lowest BCUT2D eigenvalue weighted by Gasteiger charge is -2.19. The van der Waals surface area contributed by atoms with E-state index >= 15 is 0 Å². The SMILES string of the molecule is Cc1ccc(C(=O)NS(=O)(=O)c2ccc(C(C)(C)C)cc2)cc1-n1cccc1. The van der Waals surface area contributed by atoms with Crippen molar-refractivity contribution < 1.29 is 13.2 Å². The van der Waals surface area contributed by atoms with Crippen molar-refractivity contribution in [2.75, 3.05) is 0 Å². The van der Waals surface area contributed by atoms with Gasteiger partial charge in [-0.2, -0.15) is 0 Å². The predicted octanol–water partition coefficient (Wildman–Crippen LogP) is 4.20. The third kappa shape index (κ3) is 4.17. The molecule has 3 aromatic rings. The lowest BCUT2D eigenvalue weighted by Crippen LogP contribution is -2.30. The molecule has 0 radical (unpaired) electrons. The summed E-state index contributed by atoms with van der Waals surface area (Å²) in [4.78, 5) is 12.7. The number of aromatic nitrogens is 1. The van der Waals surface area contributed by atoms with E-state index in [0.29, 0.717) is 0 Å². The minimum Gasteiger partial charge on any atom is -0.324 e. The molecule has 1 aromatic heterocycles. The number of benzene rings is 2. The van der Waals surface area contributed by atoms with E-state index in [0.717, 1.165) is 16.8 Å². The fourth-order valence-electron chi connectivity index (χ4n) is 2.90. The summed E-state index contributed by atoms with van der Waals surface area (Å²) in [5, 5.41) is 0. The Hall–Kier alpha value is -2.86. The lowest BCUT2D eigenvalue weighted by atomic mass is 9.87. The zero-order valence-corrected chi connectivity index (χ0v) is 17.2. The van der Waals surface area contributed by atoms with E-state index in [-0.39, 0.29) is 15.9 Å². The van der Waals surface area contributed by atoms with Crippen LogP contribution in [0, 0.1) is 6.92 Å². The molecule has 0 atom stereocenters. The third-order valence-corrected chi connectivity index (χ3v) is 5.96. The molecule has 6 heteroatoms. The van der Waals surface area contributed by atoms with Crippen LogP contribution < -0.4 is 4.72 Å². The Morgan fingerprint density at radius 2 is 1.57 bits per heavy atom. The monoisotopic (exact) mass is 396 g/mol. The topological polar surface area (TPSA) is 68.2 Å². The first-order chi connectivity index (χ1) is 13.1. The second-order valence-corrected chi connectivity index (χ2v) is 9.48. The number of sulfonamides is 1. The summed E-state index contributed by atoms with van der Waals surface area (Å²) in [5.41, 5.74) is 3.03. The van der Waals surface area contributed by atoms with Crippen molar-refractivity contribution in [3.63, 3.8) is 0 Å². The van der Waals surface area contributed by atoms with Crippen LogP contribution in [-0.4, -0.2) is 18.9 Å². The number of amides is 1. The normalized spacial score (nSPS) is 12.0. The number of carbonyl (C=O) groups excluding carboxylic acids is 1. The van der Waals surface area contributed by atoms with Gasteiger partial charge in [-0.25, -0.2) is 13.1 Å². The van der Waals surface area contributed by atoms with Crippen LogP contribution >= 0.6 is 0 Å². The van der Waals surface area contributed by atoms with E-state index in [1.54, 1.807) is 30.3 Å². The number of hydrogen-bond donors (Lipinski definition) is 1. The Kier molecular flexibility index (Phi) is 5.17. The highest BCUT2D eigenvalue weighted by Crippen LogP contribution is 2.23. The molecule has 0 spiro atoms. The van der Waals surface area contributed by atoms with Gasteiger partial charge >= 0.3 is 0 Å². The number of nitrogens with zero attached hydrogens (tertiary/aromatic N) is 1. The minimum atomic E-state index is -3.95. The molecule has 0 bridgehead atoms. The molecule has 0 saturated carbocycles. The molecule has 0 aliphatic heterocycles. The molecular formula is C22H24N2O3S. The maximum Gasteiger partial charge on any atom is 0.265 e. The summed E-state index contributed by atoms with van der Waals surface area (Å²) in [6.45, 7) is 8.10. The molecule has 0 fully saturated rings. The maximum atomic E-state index is 12.6. The van der Waals surface area contributed by atoms with Crippen molar-refractivity contribution in [1.29, 1.82) is 0 Å².